The van der Waals surface area contributed by atoms with Gasteiger partial charge in [0.05, 0.1) is 24.0 Å². The number of ether oxygens (including phenoxy) is 1. The highest BCUT2D eigenvalue weighted by Crippen LogP contribution is 2.22. The first-order chi connectivity index (χ1) is 7.90. The van der Waals surface area contributed by atoms with Crippen molar-refractivity contribution >= 4 is 0 Å². The molecule has 2 heterocycles. The largest absolute Gasteiger partial charge is 0.378 e. The third-order valence-electron chi connectivity index (χ3n) is 2.91. The summed E-state index contributed by atoms with van der Waals surface area (Å²) >= 11 is 0. The maximum atomic E-state index is 5.69. The molecule has 3 N–H and O–H groups in total. The summed E-state index contributed by atoms with van der Waals surface area (Å²) in [7, 11) is 0. The molecule has 0 amide bonds. The fourth-order valence-corrected chi connectivity index (χ4v) is 2.02. The Kier molecular flexibility index (Phi) is 4.21. The summed E-state index contributed by atoms with van der Waals surface area (Å²) in [6.45, 7) is 0.864. The van der Waals surface area contributed by atoms with E-state index >= 15 is 0 Å². The summed E-state index contributed by atoms with van der Waals surface area (Å²) in [5.74, 6) is 5.55. The van der Waals surface area contributed by atoms with Crippen LogP contribution in [0.1, 0.15) is 37.4 Å². The fourth-order valence-electron chi connectivity index (χ4n) is 2.02. The van der Waals surface area contributed by atoms with Crippen LogP contribution in [0.2, 0.25) is 0 Å². The van der Waals surface area contributed by atoms with Crippen LogP contribution in [0.25, 0.3) is 0 Å². The first kappa shape index (κ1) is 11.4. The van der Waals surface area contributed by atoms with Crippen LogP contribution >= 0.6 is 0 Å². The summed E-state index contributed by atoms with van der Waals surface area (Å²) in [5, 5.41) is 0. The van der Waals surface area contributed by atoms with Gasteiger partial charge in [-0.2, -0.15) is 0 Å². The van der Waals surface area contributed by atoms with Crippen LogP contribution in [0.3, 0.4) is 0 Å². The summed E-state index contributed by atoms with van der Waals surface area (Å²) < 4.78 is 5.69. The molecule has 1 saturated heterocycles. The molecule has 0 bridgehead atoms. The van der Waals surface area contributed by atoms with Gasteiger partial charge in [-0.15, -0.1) is 0 Å². The van der Waals surface area contributed by atoms with E-state index in [0.29, 0.717) is 0 Å². The minimum absolute atomic E-state index is 0.0248. The normalized spacial score (nSPS) is 22.9. The van der Waals surface area contributed by atoms with Gasteiger partial charge >= 0.3 is 0 Å². The molecular formula is C11H18N4O. The number of rotatable bonds is 4. The van der Waals surface area contributed by atoms with Crippen LogP contribution in [-0.2, 0) is 4.74 Å². The lowest BCUT2D eigenvalue weighted by Gasteiger charge is -2.26. The zero-order chi connectivity index (χ0) is 11.2. The molecule has 1 fully saturated rings. The second-order valence-corrected chi connectivity index (χ2v) is 4.07. The lowest BCUT2D eigenvalue weighted by atomic mass is 10.0. The number of hydrogen-bond acceptors (Lipinski definition) is 5. The second-order valence-electron chi connectivity index (χ2n) is 4.07. The molecule has 0 saturated carbocycles. The standard InChI is InChI=1S/C11H18N4O/c12-15-10(11-8-13-4-5-14-11)7-9-3-1-2-6-16-9/h4-5,8-10,15H,1-3,6-7,12H2. The SMILES string of the molecule is NNC(CC1CCCCO1)c1cnccn1. The number of hydrazine groups is 1. The summed E-state index contributed by atoms with van der Waals surface area (Å²) in [5.41, 5.74) is 3.66. The fraction of sp³-hybridized carbons (Fsp3) is 0.636. The molecule has 0 aromatic carbocycles. The Balaban J connectivity index is 1.94. The monoisotopic (exact) mass is 222 g/mol. The average Bonchev–Trinajstić information content (AvgIpc) is 2.38. The van der Waals surface area contributed by atoms with Gasteiger partial charge in [-0.1, -0.05) is 0 Å². The van der Waals surface area contributed by atoms with Crippen molar-refractivity contribution in [3.63, 3.8) is 0 Å². The first-order valence-corrected chi connectivity index (χ1v) is 5.74. The highest BCUT2D eigenvalue weighted by Gasteiger charge is 2.20. The topological polar surface area (TPSA) is 73.1 Å². The van der Waals surface area contributed by atoms with Gasteiger partial charge in [-0.25, -0.2) is 0 Å². The number of nitrogens with zero attached hydrogens (tertiary/aromatic N) is 2. The van der Waals surface area contributed by atoms with E-state index in [-0.39, 0.29) is 12.1 Å². The molecule has 2 rings (SSSR count). The Hall–Kier alpha value is -1.04. The van der Waals surface area contributed by atoms with E-state index in [1.165, 1.54) is 12.8 Å². The van der Waals surface area contributed by atoms with Crippen LogP contribution in [-0.4, -0.2) is 22.7 Å². The minimum atomic E-state index is 0.0248. The van der Waals surface area contributed by atoms with Gasteiger partial charge in [-0.05, 0) is 25.7 Å². The third kappa shape index (κ3) is 2.98. The Labute approximate surface area is 95.4 Å². The Morgan fingerprint density at radius 3 is 3.06 bits per heavy atom. The predicted molar refractivity (Wildman–Crippen MR) is 60.3 cm³/mol. The molecule has 88 valence electrons. The quantitative estimate of drug-likeness (QED) is 0.586. The number of nitrogens with one attached hydrogen (secondary N) is 1. The molecule has 16 heavy (non-hydrogen) atoms. The molecule has 1 aliphatic heterocycles. The molecule has 0 radical (unpaired) electrons. The van der Waals surface area contributed by atoms with Gasteiger partial charge in [0.1, 0.15) is 0 Å². The lowest BCUT2D eigenvalue weighted by molar-refractivity contribution is 0.00475. The molecule has 2 atom stereocenters. The molecule has 0 spiro atoms. The highest BCUT2D eigenvalue weighted by molar-refractivity contribution is 5.02. The van der Waals surface area contributed by atoms with Crippen LogP contribution in [0.15, 0.2) is 18.6 Å². The van der Waals surface area contributed by atoms with Crippen molar-refractivity contribution in [2.45, 2.75) is 37.8 Å². The van der Waals surface area contributed by atoms with Gasteiger partial charge in [0, 0.05) is 19.0 Å². The lowest BCUT2D eigenvalue weighted by Crippen LogP contribution is -2.33. The maximum absolute atomic E-state index is 5.69. The van der Waals surface area contributed by atoms with Gasteiger partial charge in [0.15, 0.2) is 0 Å². The molecule has 1 aliphatic rings. The zero-order valence-electron chi connectivity index (χ0n) is 9.30. The van der Waals surface area contributed by atoms with E-state index in [9.17, 15) is 0 Å². The minimum Gasteiger partial charge on any atom is -0.378 e. The number of nitrogens with two attached hydrogens (primary N) is 1. The van der Waals surface area contributed by atoms with Crippen LogP contribution in [0.5, 0.6) is 0 Å². The van der Waals surface area contributed by atoms with Crippen molar-refractivity contribution < 1.29 is 4.74 Å². The van der Waals surface area contributed by atoms with E-state index in [1.807, 2.05) is 0 Å². The summed E-state index contributed by atoms with van der Waals surface area (Å²) in [6, 6.07) is 0.0248. The molecular weight excluding hydrogens is 204 g/mol. The molecule has 1 aromatic rings. The van der Waals surface area contributed by atoms with E-state index < -0.39 is 0 Å². The highest BCUT2D eigenvalue weighted by atomic mass is 16.5. The van der Waals surface area contributed by atoms with Gasteiger partial charge < -0.3 is 4.74 Å². The van der Waals surface area contributed by atoms with Gasteiger partial charge in [0.25, 0.3) is 0 Å². The average molecular weight is 222 g/mol. The van der Waals surface area contributed by atoms with E-state index in [4.69, 9.17) is 10.6 Å². The number of hydrogen-bond donors (Lipinski definition) is 2. The Bertz CT molecular complexity index is 300. The number of aromatic nitrogens is 2. The van der Waals surface area contributed by atoms with Crippen molar-refractivity contribution in [3.8, 4) is 0 Å². The van der Waals surface area contributed by atoms with E-state index in [1.54, 1.807) is 18.6 Å². The van der Waals surface area contributed by atoms with Crippen molar-refractivity contribution in [2.24, 2.45) is 5.84 Å². The molecule has 5 heteroatoms. The summed E-state index contributed by atoms with van der Waals surface area (Å²) in [6.07, 6.45) is 9.75. The van der Waals surface area contributed by atoms with Crippen molar-refractivity contribution in [1.82, 2.24) is 15.4 Å². The second kappa shape index (κ2) is 5.89. The zero-order valence-corrected chi connectivity index (χ0v) is 9.30. The third-order valence-corrected chi connectivity index (χ3v) is 2.91. The predicted octanol–water partition coefficient (Wildman–Crippen LogP) is 0.940. The van der Waals surface area contributed by atoms with Gasteiger partial charge in [-0.3, -0.25) is 21.2 Å². The smallest absolute Gasteiger partial charge is 0.0770 e. The summed E-state index contributed by atoms with van der Waals surface area (Å²) in [4.78, 5) is 8.30. The molecule has 2 unspecified atom stereocenters. The molecule has 0 aliphatic carbocycles. The Morgan fingerprint density at radius 2 is 2.44 bits per heavy atom. The van der Waals surface area contributed by atoms with Crippen LogP contribution in [0, 0.1) is 0 Å². The van der Waals surface area contributed by atoms with Crippen LogP contribution < -0.4 is 11.3 Å². The molecule has 5 nitrogen and oxygen atoms in total. The maximum Gasteiger partial charge on any atom is 0.0770 e. The van der Waals surface area contributed by atoms with Crippen LogP contribution in [0.4, 0.5) is 0 Å². The van der Waals surface area contributed by atoms with Gasteiger partial charge in [0.2, 0.25) is 0 Å². The van der Waals surface area contributed by atoms with Crippen molar-refractivity contribution in [1.29, 1.82) is 0 Å². The van der Waals surface area contributed by atoms with Crippen molar-refractivity contribution in [2.75, 3.05) is 6.61 Å². The van der Waals surface area contributed by atoms with E-state index in [0.717, 1.165) is 25.1 Å². The van der Waals surface area contributed by atoms with Crippen molar-refractivity contribution in [3.05, 3.63) is 24.3 Å². The Morgan fingerprint density at radius 1 is 1.50 bits per heavy atom. The first-order valence-electron chi connectivity index (χ1n) is 5.74. The van der Waals surface area contributed by atoms with E-state index in [2.05, 4.69) is 15.4 Å². The molecule has 1 aromatic heterocycles.